The van der Waals surface area contributed by atoms with E-state index in [0.717, 1.165) is 25.7 Å². The first-order chi connectivity index (χ1) is 12.8. The summed E-state index contributed by atoms with van der Waals surface area (Å²) in [6.07, 6.45) is 5.66. The Labute approximate surface area is 160 Å². The van der Waals surface area contributed by atoms with Crippen LogP contribution in [0.4, 0.5) is 5.69 Å². The molecular formula is C21H28N4O2. The van der Waals surface area contributed by atoms with Crippen molar-refractivity contribution in [1.29, 1.82) is 0 Å². The number of aromatic nitrogens is 2. The molecule has 1 fully saturated rings. The Morgan fingerprint density at radius 1 is 1.04 bits per heavy atom. The molecule has 3 rings (SSSR count). The molecule has 1 aromatic heterocycles. The maximum atomic E-state index is 12.7. The summed E-state index contributed by atoms with van der Waals surface area (Å²) in [5.41, 5.74) is 1.53. The molecule has 6 nitrogen and oxygen atoms in total. The molecule has 1 aromatic carbocycles. The van der Waals surface area contributed by atoms with Crippen molar-refractivity contribution in [3.05, 3.63) is 47.8 Å². The lowest BCUT2D eigenvalue weighted by Gasteiger charge is -2.37. The van der Waals surface area contributed by atoms with E-state index in [1.807, 2.05) is 6.07 Å². The first-order valence-electron chi connectivity index (χ1n) is 9.55. The number of hydrogen-bond donors (Lipinski definition) is 3. The first kappa shape index (κ1) is 19.1. The predicted octanol–water partition coefficient (Wildman–Crippen LogP) is 4.00. The quantitative estimate of drug-likeness (QED) is 0.762. The minimum Gasteiger partial charge on any atom is -0.348 e. The fourth-order valence-corrected chi connectivity index (χ4v) is 3.70. The molecule has 0 unspecified atom stereocenters. The molecule has 2 amide bonds. The molecule has 6 heteroatoms. The minimum absolute atomic E-state index is 0.164. The van der Waals surface area contributed by atoms with E-state index in [1.165, 1.54) is 6.20 Å². The van der Waals surface area contributed by atoms with Crippen molar-refractivity contribution in [3.8, 4) is 0 Å². The summed E-state index contributed by atoms with van der Waals surface area (Å²) in [6.45, 7) is 6.84. The highest BCUT2D eigenvalue weighted by atomic mass is 16.2. The summed E-state index contributed by atoms with van der Waals surface area (Å²) in [5, 5.41) is 12.5. The predicted molar refractivity (Wildman–Crippen MR) is 106 cm³/mol. The number of nitrogens with zero attached hydrogens (tertiary/aromatic N) is 1. The molecule has 0 spiro atoms. The molecule has 2 aromatic rings. The molecule has 1 saturated carbocycles. The van der Waals surface area contributed by atoms with E-state index in [0.29, 0.717) is 22.6 Å². The van der Waals surface area contributed by atoms with Gasteiger partial charge in [0.1, 0.15) is 5.69 Å². The number of H-pyrrole nitrogens is 1. The molecule has 1 aliphatic carbocycles. The number of carbonyl (C=O) groups excluding carboxylic acids is 2. The van der Waals surface area contributed by atoms with Gasteiger partial charge in [-0.2, -0.15) is 5.10 Å². The van der Waals surface area contributed by atoms with Crippen molar-refractivity contribution in [2.24, 2.45) is 11.3 Å². The Hall–Kier alpha value is -2.63. The van der Waals surface area contributed by atoms with Crippen molar-refractivity contribution in [1.82, 2.24) is 15.5 Å². The molecule has 27 heavy (non-hydrogen) atoms. The van der Waals surface area contributed by atoms with Crippen LogP contribution in [0.2, 0.25) is 0 Å². The number of carbonyl (C=O) groups is 2. The van der Waals surface area contributed by atoms with Crippen LogP contribution in [0.15, 0.2) is 36.5 Å². The van der Waals surface area contributed by atoms with Crippen LogP contribution < -0.4 is 10.6 Å². The average molecular weight is 368 g/mol. The Balaban J connectivity index is 1.59. The van der Waals surface area contributed by atoms with E-state index in [-0.39, 0.29) is 23.6 Å². The third kappa shape index (κ3) is 4.76. The Bertz CT molecular complexity index is 784. The van der Waals surface area contributed by atoms with Gasteiger partial charge in [0, 0.05) is 11.6 Å². The highest BCUT2D eigenvalue weighted by molar-refractivity contribution is 6.08. The number of amides is 2. The largest absolute Gasteiger partial charge is 0.348 e. The number of anilines is 1. The van der Waals surface area contributed by atoms with E-state index in [4.69, 9.17) is 0 Å². The molecule has 1 heterocycles. The molecule has 144 valence electrons. The van der Waals surface area contributed by atoms with Gasteiger partial charge in [-0.15, -0.1) is 0 Å². The van der Waals surface area contributed by atoms with Gasteiger partial charge in [0.25, 0.3) is 11.8 Å². The van der Waals surface area contributed by atoms with E-state index in [2.05, 4.69) is 41.6 Å². The van der Waals surface area contributed by atoms with Crippen LogP contribution in [0.1, 0.15) is 67.3 Å². The number of benzene rings is 1. The van der Waals surface area contributed by atoms with Gasteiger partial charge in [-0.1, -0.05) is 39.0 Å². The van der Waals surface area contributed by atoms with Crippen molar-refractivity contribution in [2.45, 2.75) is 52.5 Å². The molecule has 0 aliphatic heterocycles. The van der Waals surface area contributed by atoms with Gasteiger partial charge in [0.2, 0.25) is 0 Å². The number of hydrogen-bond acceptors (Lipinski definition) is 3. The minimum atomic E-state index is -0.267. The Kier molecular flexibility index (Phi) is 5.63. The normalized spacial score (nSPS) is 20.1. The molecule has 0 atom stereocenters. The maximum absolute atomic E-state index is 12.7. The zero-order valence-corrected chi connectivity index (χ0v) is 16.2. The van der Waals surface area contributed by atoms with Crippen LogP contribution in [-0.2, 0) is 0 Å². The zero-order valence-electron chi connectivity index (χ0n) is 16.2. The summed E-state index contributed by atoms with van der Waals surface area (Å²) in [7, 11) is 0. The van der Waals surface area contributed by atoms with Gasteiger partial charge < -0.3 is 10.6 Å². The standard InChI is InChI=1S/C21H28N4O2/c1-21(2,3)15-9-11-16(12-10-15)23-20(27)18-17(13-22-25-18)24-19(26)14-7-5-4-6-8-14/h4-8,13,15-16H,9-12H2,1-3H3,(H,22,25)(H,23,27)(H,24,26). The summed E-state index contributed by atoms with van der Waals surface area (Å²) in [5.74, 6) is 0.199. The van der Waals surface area contributed by atoms with Gasteiger partial charge in [0.05, 0.1) is 11.9 Å². The van der Waals surface area contributed by atoms with Crippen LogP contribution in [-0.4, -0.2) is 28.1 Å². The fourth-order valence-electron chi connectivity index (χ4n) is 3.70. The van der Waals surface area contributed by atoms with Gasteiger partial charge in [0.15, 0.2) is 0 Å². The molecule has 0 saturated heterocycles. The lowest BCUT2D eigenvalue weighted by Crippen LogP contribution is -2.39. The van der Waals surface area contributed by atoms with Crippen molar-refractivity contribution in [2.75, 3.05) is 5.32 Å². The SMILES string of the molecule is CC(C)(C)C1CCC(NC(=O)c2[nH]ncc2NC(=O)c2ccccc2)CC1. The molecule has 1 aliphatic rings. The highest BCUT2D eigenvalue weighted by Gasteiger charge is 2.30. The molecule has 0 bridgehead atoms. The van der Waals surface area contributed by atoms with E-state index >= 15 is 0 Å². The van der Waals surface area contributed by atoms with Crippen LogP contribution in [0.25, 0.3) is 0 Å². The van der Waals surface area contributed by atoms with Gasteiger partial charge >= 0.3 is 0 Å². The molecule has 0 radical (unpaired) electrons. The van der Waals surface area contributed by atoms with E-state index in [9.17, 15) is 9.59 Å². The van der Waals surface area contributed by atoms with Crippen LogP contribution in [0.3, 0.4) is 0 Å². The molecular weight excluding hydrogens is 340 g/mol. The monoisotopic (exact) mass is 368 g/mol. The molecule has 3 N–H and O–H groups in total. The van der Waals surface area contributed by atoms with Crippen LogP contribution in [0.5, 0.6) is 0 Å². The number of nitrogens with one attached hydrogen (secondary N) is 3. The first-order valence-corrected chi connectivity index (χ1v) is 9.55. The lowest BCUT2D eigenvalue weighted by atomic mass is 9.71. The summed E-state index contributed by atoms with van der Waals surface area (Å²) < 4.78 is 0. The summed E-state index contributed by atoms with van der Waals surface area (Å²) >= 11 is 0. The second-order valence-electron chi connectivity index (χ2n) is 8.37. The Morgan fingerprint density at radius 3 is 2.33 bits per heavy atom. The van der Waals surface area contributed by atoms with E-state index < -0.39 is 0 Å². The summed E-state index contributed by atoms with van der Waals surface area (Å²) in [4.78, 5) is 25.0. The third-order valence-corrected chi connectivity index (χ3v) is 5.44. The third-order valence-electron chi connectivity index (χ3n) is 5.44. The number of aromatic amines is 1. The second kappa shape index (κ2) is 7.94. The van der Waals surface area contributed by atoms with Crippen LogP contribution in [0, 0.1) is 11.3 Å². The average Bonchev–Trinajstić information content (AvgIpc) is 3.10. The van der Waals surface area contributed by atoms with Crippen molar-refractivity contribution in [3.63, 3.8) is 0 Å². The van der Waals surface area contributed by atoms with Gasteiger partial charge in [-0.25, -0.2) is 0 Å². The maximum Gasteiger partial charge on any atom is 0.271 e. The topological polar surface area (TPSA) is 86.9 Å². The second-order valence-corrected chi connectivity index (χ2v) is 8.37. The fraction of sp³-hybridized carbons (Fsp3) is 0.476. The smallest absolute Gasteiger partial charge is 0.271 e. The zero-order chi connectivity index (χ0) is 19.4. The lowest BCUT2D eigenvalue weighted by molar-refractivity contribution is 0.0900. The van der Waals surface area contributed by atoms with Crippen molar-refractivity contribution >= 4 is 17.5 Å². The highest BCUT2D eigenvalue weighted by Crippen LogP contribution is 2.37. The van der Waals surface area contributed by atoms with E-state index in [1.54, 1.807) is 24.3 Å². The number of rotatable bonds is 4. The van der Waals surface area contributed by atoms with Gasteiger partial charge in [-0.3, -0.25) is 14.7 Å². The Morgan fingerprint density at radius 2 is 1.70 bits per heavy atom. The van der Waals surface area contributed by atoms with Gasteiger partial charge in [-0.05, 0) is 49.1 Å². The van der Waals surface area contributed by atoms with Crippen LogP contribution >= 0.6 is 0 Å². The summed E-state index contributed by atoms with van der Waals surface area (Å²) in [6, 6.07) is 9.06. The van der Waals surface area contributed by atoms with Crippen molar-refractivity contribution < 1.29 is 9.59 Å².